The number of benzene rings is 2. The first-order valence-electron chi connectivity index (χ1n) is 9.68. The van der Waals surface area contributed by atoms with Gasteiger partial charge in [-0.1, -0.05) is 36.4 Å². The van der Waals surface area contributed by atoms with Gasteiger partial charge >= 0.3 is 0 Å². The number of nitriles is 1. The van der Waals surface area contributed by atoms with E-state index in [0.717, 1.165) is 33.4 Å². The Bertz CT molecular complexity index is 1280. The second-order valence-electron chi connectivity index (χ2n) is 7.09. The molecule has 1 amide bonds. The van der Waals surface area contributed by atoms with Crippen molar-refractivity contribution in [3.05, 3.63) is 95.2 Å². The lowest BCUT2D eigenvalue weighted by molar-refractivity contribution is -0.117. The lowest BCUT2D eigenvalue weighted by Gasteiger charge is -2.13. The van der Waals surface area contributed by atoms with E-state index in [-0.39, 0.29) is 12.1 Å². The molecule has 2 aromatic carbocycles. The van der Waals surface area contributed by atoms with Gasteiger partial charge in [-0.25, -0.2) is 0 Å². The summed E-state index contributed by atoms with van der Waals surface area (Å²) in [7, 11) is 0. The average molecular weight is 395 g/mol. The van der Waals surface area contributed by atoms with E-state index in [1.165, 1.54) is 0 Å². The van der Waals surface area contributed by atoms with Gasteiger partial charge in [0.05, 0.1) is 18.5 Å². The summed E-state index contributed by atoms with van der Waals surface area (Å²) in [4.78, 5) is 12.5. The maximum Gasteiger partial charge on any atom is 0.262 e. The van der Waals surface area contributed by atoms with Crippen molar-refractivity contribution in [3.8, 4) is 11.8 Å². The summed E-state index contributed by atoms with van der Waals surface area (Å²) >= 11 is 0. The van der Waals surface area contributed by atoms with Crippen molar-refractivity contribution in [2.45, 2.75) is 20.4 Å². The second-order valence-corrected chi connectivity index (χ2v) is 7.09. The van der Waals surface area contributed by atoms with Crippen LogP contribution in [0.1, 0.15) is 22.7 Å². The van der Waals surface area contributed by atoms with E-state index in [1.807, 2.05) is 44.2 Å². The van der Waals surface area contributed by atoms with E-state index in [9.17, 15) is 10.1 Å². The molecule has 2 heterocycles. The van der Waals surface area contributed by atoms with E-state index in [0.29, 0.717) is 5.76 Å². The number of nitrogens with zero attached hydrogens (tertiary/aromatic N) is 2. The van der Waals surface area contributed by atoms with Crippen LogP contribution in [0.2, 0.25) is 0 Å². The van der Waals surface area contributed by atoms with Crippen molar-refractivity contribution in [1.82, 2.24) is 9.88 Å². The SMILES string of the molecule is Cc1cc(/C=C(/C#N)C(=O)NCc2ccco2)c(C)n1-c1cccc2ccccc12. The summed E-state index contributed by atoms with van der Waals surface area (Å²) in [6.07, 6.45) is 3.19. The highest BCUT2D eigenvalue weighted by atomic mass is 16.3. The number of hydrogen-bond acceptors (Lipinski definition) is 3. The third-order valence-electron chi connectivity index (χ3n) is 5.15. The van der Waals surface area contributed by atoms with E-state index in [2.05, 4.69) is 34.1 Å². The zero-order valence-corrected chi connectivity index (χ0v) is 16.8. The molecular formula is C25H21N3O2. The third kappa shape index (κ3) is 3.63. The Morgan fingerprint density at radius 2 is 1.93 bits per heavy atom. The van der Waals surface area contributed by atoms with Crippen molar-refractivity contribution in [1.29, 1.82) is 5.26 Å². The molecule has 0 saturated carbocycles. The molecule has 1 N–H and O–H groups in total. The van der Waals surface area contributed by atoms with Gasteiger partial charge in [0.15, 0.2) is 0 Å². The molecule has 0 aliphatic carbocycles. The summed E-state index contributed by atoms with van der Waals surface area (Å²) in [6, 6.07) is 22.0. The highest BCUT2D eigenvalue weighted by Gasteiger charge is 2.15. The van der Waals surface area contributed by atoms with Crippen LogP contribution < -0.4 is 5.32 Å². The minimum atomic E-state index is -0.427. The fourth-order valence-electron chi connectivity index (χ4n) is 3.69. The molecule has 0 aliphatic rings. The molecule has 5 heteroatoms. The molecule has 2 aromatic heterocycles. The molecule has 0 radical (unpaired) electrons. The van der Waals surface area contributed by atoms with Gasteiger partial charge in [0.25, 0.3) is 5.91 Å². The summed E-state index contributed by atoms with van der Waals surface area (Å²) in [5.74, 6) is 0.207. The molecule has 0 unspecified atom stereocenters. The van der Waals surface area contributed by atoms with E-state index >= 15 is 0 Å². The smallest absolute Gasteiger partial charge is 0.262 e. The van der Waals surface area contributed by atoms with Crippen LogP contribution in [0.15, 0.2) is 76.9 Å². The molecule has 148 valence electrons. The Morgan fingerprint density at radius 3 is 2.70 bits per heavy atom. The van der Waals surface area contributed by atoms with Gasteiger partial charge in [0.2, 0.25) is 0 Å². The Morgan fingerprint density at radius 1 is 1.13 bits per heavy atom. The predicted molar refractivity (Wildman–Crippen MR) is 117 cm³/mol. The maximum absolute atomic E-state index is 12.5. The predicted octanol–water partition coefficient (Wildman–Crippen LogP) is 5.06. The van der Waals surface area contributed by atoms with Crippen LogP contribution in [0.4, 0.5) is 0 Å². The molecule has 4 aromatic rings. The molecule has 0 atom stereocenters. The van der Waals surface area contributed by atoms with Crippen LogP contribution in [0.5, 0.6) is 0 Å². The Balaban J connectivity index is 1.69. The number of amides is 1. The van der Waals surface area contributed by atoms with Crippen LogP contribution in [0.3, 0.4) is 0 Å². The average Bonchev–Trinajstić information content (AvgIpc) is 3.37. The van der Waals surface area contributed by atoms with Gasteiger partial charge in [-0.3, -0.25) is 4.79 Å². The summed E-state index contributed by atoms with van der Waals surface area (Å²) in [5, 5.41) is 14.6. The summed E-state index contributed by atoms with van der Waals surface area (Å²) < 4.78 is 7.37. The van der Waals surface area contributed by atoms with E-state index in [1.54, 1.807) is 24.5 Å². The number of carbonyl (C=O) groups excluding carboxylic acids is 1. The first-order valence-corrected chi connectivity index (χ1v) is 9.68. The number of aryl methyl sites for hydroxylation is 1. The van der Waals surface area contributed by atoms with Crippen LogP contribution >= 0.6 is 0 Å². The minimum Gasteiger partial charge on any atom is -0.467 e. The molecule has 4 rings (SSSR count). The molecular weight excluding hydrogens is 374 g/mol. The normalized spacial score (nSPS) is 11.4. The molecule has 0 fully saturated rings. The number of aromatic nitrogens is 1. The molecule has 30 heavy (non-hydrogen) atoms. The Labute approximate surface area is 174 Å². The largest absolute Gasteiger partial charge is 0.467 e. The first-order chi connectivity index (χ1) is 14.6. The minimum absolute atomic E-state index is 0.0553. The molecule has 0 spiro atoms. The Hall–Kier alpha value is -4.04. The van der Waals surface area contributed by atoms with Gasteiger partial charge in [0, 0.05) is 16.8 Å². The number of fused-ring (bicyclic) bond motifs is 1. The van der Waals surface area contributed by atoms with Crippen LogP contribution in [0.25, 0.3) is 22.5 Å². The lowest BCUT2D eigenvalue weighted by atomic mass is 10.1. The fraction of sp³-hybridized carbons (Fsp3) is 0.120. The van der Waals surface area contributed by atoms with Gasteiger partial charge in [-0.15, -0.1) is 0 Å². The highest BCUT2D eigenvalue weighted by molar-refractivity contribution is 6.01. The van der Waals surface area contributed by atoms with Crippen molar-refractivity contribution >= 4 is 22.8 Å². The number of furan rings is 1. The van der Waals surface area contributed by atoms with Crippen LogP contribution in [0, 0.1) is 25.2 Å². The topological polar surface area (TPSA) is 71.0 Å². The number of rotatable bonds is 5. The quantitative estimate of drug-likeness (QED) is 0.379. The van der Waals surface area contributed by atoms with Gasteiger partial charge < -0.3 is 14.3 Å². The standard InChI is InChI=1S/C25H21N3O2/c1-17-13-20(14-21(15-26)25(29)27-16-22-9-6-12-30-22)18(2)28(17)24-11-5-8-19-7-3-4-10-23(19)24/h3-14H,16H2,1-2H3,(H,27,29)/b21-14-. The van der Waals surface area contributed by atoms with Gasteiger partial charge in [-0.2, -0.15) is 5.26 Å². The van der Waals surface area contributed by atoms with Gasteiger partial charge in [-0.05, 0) is 55.1 Å². The zero-order valence-electron chi connectivity index (χ0n) is 16.8. The molecule has 5 nitrogen and oxygen atoms in total. The summed E-state index contributed by atoms with van der Waals surface area (Å²) in [5.41, 5.74) is 3.97. The maximum atomic E-state index is 12.5. The number of nitrogens with one attached hydrogen (secondary N) is 1. The van der Waals surface area contributed by atoms with Crippen molar-refractivity contribution in [2.24, 2.45) is 0 Å². The summed E-state index contributed by atoms with van der Waals surface area (Å²) in [6.45, 7) is 4.26. The second kappa shape index (κ2) is 8.14. The van der Waals surface area contributed by atoms with Crippen molar-refractivity contribution in [3.63, 3.8) is 0 Å². The number of hydrogen-bond donors (Lipinski definition) is 1. The molecule has 0 bridgehead atoms. The number of carbonyl (C=O) groups is 1. The zero-order chi connectivity index (χ0) is 21.1. The first kappa shape index (κ1) is 19.3. The molecule has 0 saturated heterocycles. The fourth-order valence-corrected chi connectivity index (χ4v) is 3.69. The van der Waals surface area contributed by atoms with Gasteiger partial charge in [0.1, 0.15) is 17.4 Å². The lowest BCUT2D eigenvalue weighted by Crippen LogP contribution is -2.23. The Kier molecular flexibility index (Phi) is 5.23. The van der Waals surface area contributed by atoms with E-state index < -0.39 is 5.91 Å². The van der Waals surface area contributed by atoms with Crippen molar-refractivity contribution in [2.75, 3.05) is 0 Å². The molecule has 0 aliphatic heterocycles. The van der Waals surface area contributed by atoms with Crippen molar-refractivity contribution < 1.29 is 9.21 Å². The third-order valence-corrected chi connectivity index (χ3v) is 5.15. The monoisotopic (exact) mass is 395 g/mol. The van der Waals surface area contributed by atoms with Crippen LogP contribution in [-0.4, -0.2) is 10.5 Å². The van der Waals surface area contributed by atoms with Crippen LogP contribution in [-0.2, 0) is 11.3 Å². The highest BCUT2D eigenvalue weighted by Crippen LogP contribution is 2.28. The van der Waals surface area contributed by atoms with E-state index in [4.69, 9.17) is 4.42 Å².